The number of aromatic amines is 1. The molecule has 1 aromatic heterocycles. The van der Waals surface area contributed by atoms with Crippen molar-refractivity contribution in [2.24, 2.45) is 5.73 Å². The zero-order valence-electron chi connectivity index (χ0n) is 21.5. The number of fused-ring (bicyclic) bond motifs is 1. The number of benzene rings is 2. The molecule has 7 nitrogen and oxygen atoms in total. The molecule has 3 aromatic rings. The van der Waals surface area contributed by atoms with Gasteiger partial charge >= 0.3 is 0 Å². The summed E-state index contributed by atoms with van der Waals surface area (Å²) in [6, 6.07) is 16.3. The van der Waals surface area contributed by atoms with Crippen molar-refractivity contribution in [3.63, 3.8) is 0 Å². The zero-order chi connectivity index (χ0) is 25.7. The Balaban J connectivity index is 1.87. The van der Waals surface area contributed by atoms with E-state index >= 15 is 0 Å². The molecule has 0 spiro atoms. The van der Waals surface area contributed by atoms with Crippen LogP contribution < -0.4 is 11.3 Å². The number of methoxy groups -OCH3 is 2. The zero-order valence-corrected chi connectivity index (χ0v) is 21.5. The molecule has 3 unspecified atom stereocenters. The van der Waals surface area contributed by atoms with Gasteiger partial charge in [0.15, 0.2) is 0 Å². The fourth-order valence-electron chi connectivity index (χ4n) is 5.69. The minimum absolute atomic E-state index is 0.0169. The first kappa shape index (κ1) is 26.1. The van der Waals surface area contributed by atoms with E-state index in [1.54, 1.807) is 26.4 Å². The third-order valence-corrected chi connectivity index (χ3v) is 7.35. The highest BCUT2D eigenvalue weighted by Crippen LogP contribution is 2.40. The van der Waals surface area contributed by atoms with Crippen LogP contribution >= 0.6 is 0 Å². The third kappa shape index (κ3) is 5.38. The van der Waals surface area contributed by atoms with Crippen LogP contribution in [0.5, 0.6) is 0 Å². The van der Waals surface area contributed by atoms with Gasteiger partial charge < -0.3 is 20.2 Å². The molecule has 1 fully saturated rings. The molecule has 0 amide bonds. The first-order valence-electron chi connectivity index (χ1n) is 12.8. The van der Waals surface area contributed by atoms with Crippen molar-refractivity contribution >= 4 is 16.7 Å². The van der Waals surface area contributed by atoms with Crippen LogP contribution in [-0.2, 0) is 9.47 Å². The smallest absolute Gasteiger partial charge is 0.256 e. The Morgan fingerprint density at radius 2 is 1.81 bits per heavy atom. The topological polar surface area (TPSA) is 104 Å². The quantitative estimate of drug-likeness (QED) is 0.264. The van der Waals surface area contributed by atoms with Gasteiger partial charge in [-0.1, -0.05) is 50.1 Å². The van der Waals surface area contributed by atoms with Gasteiger partial charge in [0.05, 0.1) is 13.2 Å². The van der Waals surface area contributed by atoms with E-state index in [1.807, 2.05) is 30.3 Å². The number of hydrogen-bond acceptors (Lipinski definition) is 5. The standard InChI is InChI=1S/C29H38N4O3/c1-4-5-12-27(33-21(17-35-2)13-14-22(33)18-36-3)23-10-7-11-26-25(23)16-24(29(34)32-26)19-8-6-9-20(15-19)28(30)31/h6-11,15-16,21-22,27H,4-5,12-14,17-18H2,1-3H3,(H3,30,31)(H,32,34). The second-order valence-corrected chi connectivity index (χ2v) is 9.72. The SMILES string of the molecule is CCCCC(c1cccc2[nH]c(=O)c(-c3cccc(C(=N)N)c3)cc12)N1C(COC)CCC1COC. The highest BCUT2D eigenvalue weighted by molar-refractivity contribution is 5.96. The molecule has 0 aliphatic carbocycles. The highest BCUT2D eigenvalue weighted by Gasteiger charge is 2.39. The molecule has 4 N–H and O–H groups in total. The van der Waals surface area contributed by atoms with Gasteiger partial charge in [0.2, 0.25) is 0 Å². The van der Waals surface area contributed by atoms with Crippen LogP contribution in [-0.4, -0.2) is 55.2 Å². The highest BCUT2D eigenvalue weighted by atomic mass is 16.5. The number of nitrogen functional groups attached to an aromatic ring is 1. The predicted octanol–water partition coefficient (Wildman–Crippen LogP) is 4.84. The number of likely N-dealkylation sites (tertiary alicyclic amines) is 1. The molecular formula is C29H38N4O3. The normalized spacial score (nSPS) is 19.1. The molecule has 1 saturated heterocycles. The fourth-order valence-corrected chi connectivity index (χ4v) is 5.69. The Labute approximate surface area is 213 Å². The lowest BCUT2D eigenvalue weighted by molar-refractivity contribution is 0.0303. The summed E-state index contributed by atoms with van der Waals surface area (Å²) in [5.74, 6) is -0.0169. The summed E-state index contributed by atoms with van der Waals surface area (Å²) in [6.07, 6.45) is 5.39. The molecule has 192 valence electrons. The number of hydrogen-bond donors (Lipinski definition) is 3. The summed E-state index contributed by atoms with van der Waals surface area (Å²) in [5, 5.41) is 8.84. The number of nitrogens with zero attached hydrogens (tertiary/aromatic N) is 1. The second kappa shape index (κ2) is 11.8. The number of pyridine rings is 1. The Morgan fingerprint density at radius 3 is 2.44 bits per heavy atom. The fraction of sp³-hybridized carbons (Fsp3) is 0.448. The maximum atomic E-state index is 13.1. The van der Waals surface area contributed by atoms with E-state index < -0.39 is 0 Å². The molecule has 1 aliphatic rings. The van der Waals surface area contributed by atoms with Gasteiger partial charge in [0.1, 0.15) is 5.84 Å². The maximum absolute atomic E-state index is 13.1. The van der Waals surface area contributed by atoms with Crippen molar-refractivity contribution in [2.75, 3.05) is 27.4 Å². The van der Waals surface area contributed by atoms with Crippen LogP contribution in [0, 0.1) is 5.41 Å². The molecule has 0 bridgehead atoms. The third-order valence-electron chi connectivity index (χ3n) is 7.35. The Bertz CT molecular complexity index is 1240. The van der Waals surface area contributed by atoms with Crippen molar-refractivity contribution in [1.82, 2.24) is 9.88 Å². The first-order valence-corrected chi connectivity index (χ1v) is 12.8. The summed E-state index contributed by atoms with van der Waals surface area (Å²) in [5.41, 5.74) is 9.54. The van der Waals surface area contributed by atoms with Gasteiger partial charge in [-0.25, -0.2) is 0 Å². The number of amidine groups is 1. The molecule has 2 aromatic carbocycles. The van der Waals surface area contributed by atoms with Gasteiger partial charge in [-0.2, -0.15) is 0 Å². The minimum atomic E-state index is -0.152. The second-order valence-electron chi connectivity index (χ2n) is 9.72. The van der Waals surface area contributed by atoms with Gasteiger partial charge in [-0.05, 0) is 48.6 Å². The lowest BCUT2D eigenvalue weighted by Gasteiger charge is -2.38. The van der Waals surface area contributed by atoms with Gasteiger partial charge in [-0.15, -0.1) is 0 Å². The predicted molar refractivity (Wildman–Crippen MR) is 146 cm³/mol. The monoisotopic (exact) mass is 490 g/mol. The van der Waals surface area contributed by atoms with Crippen molar-refractivity contribution in [2.45, 2.75) is 57.2 Å². The van der Waals surface area contributed by atoms with Gasteiger partial charge in [0, 0.05) is 54.4 Å². The Morgan fingerprint density at radius 1 is 1.11 bits per heavy atom. The maximum Gasteiger partial charge on any atom is 0.256 e. The van der Waals surface area contributed by atoms with Gasteiger partial charge in [-0.3, -0.25) is 15.1 Å². The molecule has 2 heterocycles. The van der Waals surface area contributed by atoms with E-state index in [2.05, 4.69) is 22.9 Å². The van der Waals surface area contributed by atoms with Crippen LogP contribution in [0.15, 0.2) is 53.3 Å². The van der Waals surface area contributed by atoms with Crippen molar-refractivity contribution in [3.05, 3.63) is 70.0 Å². The lowest BCUT2D eigenvalue weighted by Crippen LogP contribution is -2.43. The molecular weight excluding hydrogens is 452 g/mol. The largest absolute Gasteiger partial charge is 0.384 e. The van der Waals surface area contributed by atoms with Crippen molar-refractivity contribution in [3.8, 4) is 11.1 Å². The summed E-state index contributed by atoms with van der Waals surface area (Å²) in [4.78, 5) is 18.8. The molecule has 36 heavy (non-hydrogen) atoms. The number of ether oxygens (including phenoxy) is 2. The van der Waals surface area contributed by atoms with Crippen LogP contribution in [0.4, 0.5) is 0 Å². The molecule has 3 atom stereocenters. The number of nitrogens with one attached hydrogen (secondary N) is 2. The molecule has 4 rings (SSSR count). The van der Waals surface area contributed by atoms with E-state index in [9.17, 15) is 4.79 Å². The van der Waals surface area contributed by atoms with Crippen LogP contribution in [0.25, 0.3) is 22.0 Å². The lowest BCUT2D eigenvalue weighted by atomic mass is 9.92. The summed E-state index contributed by atoms with van der Waals surface area (Å²) in [6.45, 7) is 3.60. The van der Waals surface area contributed by atoms with Crippen molar-refractivity contribution < 1.29 is 9.47 Å². The van der Waals surface area contributed by atoms with E-state index in [4.69, 9.17) is 20.6 Å². The van der Waals surface area contributed by atoms with Crippen LogP contribution in [0.1, 0.15) is 56.2 Å². The number of nitrogens with two attached hydrogens (primary N) is 1. The number of aromatic nitrogens is 1. The Kier molecular flexibility index (Phi) is 8.56. The summed E-state index contributed by atoms with van der Waals surface area (Å²) >= 11 is 0. The molecule has 7 heteroatoms. The first-order chi connectivity index (χ1) is 17.5. The van der Waals surface area contributed by atoms with Crippen LogP contribution in [0.3, 0.4) is 0 Å². The number of H-pyrrole nitrogens is 1. The van der Waals surface area contributed by atoms with Gasteiger partial charge in [0.25, 0.3) is 5.56 Å². The van der Waals surface area contributed by atoms with Crippen LogP contribution in [0.2, 0.25) is 0 Å². The molecule has 1 aliphatic heterocycles. The van der Waals surface area contributed by atoms with E-state index in [-0.39, 0.29) is 17.4 Å². The Hall–Kier alpha value is -3.00. The molecule has 0 saturated carbocycles. The summed E-state index contributed by atoms with van der Waals surface area (Å²) in [7, 11) is 3.54. The van der Waals surface area contributed by atoms with E-state index in [0.29, 0.717) is 36.4 Å². The number of rotatable bonds is 11. The summed E-state index contributed by atoms with van der Waals surface area (Å²) < 4.78 is 11.3. The van der Waals surface area contributed by atoms with Crippen molar-refractivity contribution in [1.29, 1.82) is 5.41 Å². The van der Waals surface area contributed by atoms with E-state index in [1.165, 1.54) is 5.56 Å². The number of unbranched alkanes of at least 4 members (excludes halogenated alkanes) is 1. The van der Waals surface area contributed by atoms with E-state index in [0.717, 1.165) is 48.6 Å². The average Bonchev–Trinajstić information content (AvgIpc) is 3.26. The molecule has 0 radical (unpaired) electrons. The minimum Gasteiger partial charge on any atom is -0.384 e. The average molecular weight is 491 g/mol.